The van der Waals surface area contributed by atoms with Crippen molar-refractivity contribution in [2.75, 3.05) is 34.3 Å². The summed E-state index contributed by atoms with van der Waals surface area (Å²) in [6, 6.07) is 8.69. The number of hydrogen-bond donors (Lipinski definition) is 0. The molecule has 19 heavy (non-hydrogen) atoms. The molecular formula is C15H21N3O. The summed E-state index contributed by atoms with van der Waals surface area (Å²) in [7, 11) is 5.86. The standard InChI is InChI=1S/C15H21N3O/c1-17(2)14-6-7-18(11-14)10-12-4-5-15(19-3)13(8-12)9-16/h4-5,8,14H,6-7,10-11H2,1-3H3. The summed E-state index contributed by atoms with van der Waals surface area (Å²) >= 11 is 0. The fourth-order valence-electron chi connectivity index (χ4n) is 2.58. The minimum atomic E-state index is 0.614. The Kier molecular flexibility index (Phi) is 4.41. The van der Waals surface area contributed by atoms with E-state index in [1.165, 1.54) is 12.0 Å². The van der Waals surface area contributed by atoms with Crippen LogP contribution in [-0.4, -0.2) is 50.1 Å². The Bertz CT molecular complexity index is 479. The number of nitrogens with zero attached hydrogens (tertiary/aromatic N) is 3. The summed E-state index contributed by atoms with van der Waals surface area (Å²) in [5.41, 5.74) is 1.79. The predicted molar refractivity (Wildman–Crippen MR) is 75.1 cm³/mol. The zero-order chi connectivity index (χ0) is 13.8. The van der Waals surface area contributed by atoms with Gasteiger partial charge in [0.2, 0.25) is 0 Å². The lowest BCUT2D eigenvalue weighted by molar-refractivity contribution is 0.264. The van der Waals surface area contributed by atoms with Gasteiger partial charge in [-0.1, -0.05) is 6.07 Å². The number of likely N-dealkylation sites (N-methyl/N-ethyl adjacent to an activating group) is 1. The molecule has 2 rings (SSSR count). The fourth-order valence-corrected chi connectivity index (χ4v) is 2.58. The van der Waals surface area contributed by atoms with Crippen molar-refractivity contribution in [2.24, 2.45) is 0 Å². The van der Waals surface area contributed by atoms with Crippen molar-refractivity contribution in [3.8, 4) is 11.8 Å². The molecule has 1 aliphatic heterocycles. The maximum atomic E-state index is 9.10. The molecule has 0 bridgehead atoms. The smallest absolute Gasteiger partial charge is 0.136 e. The minimum Gasteiger partial charge on any atom is -0.495 e. The summed E-state index contributed by atoms with van der Waals surface area (Å²) in [5.74, 6) is 0.652. The normalized spacial score (nSPS) is 19.6. The first-order valence-corrected chi connectivity index (χ1v) is 6.60. The zero-order valence-corrected chi connectivity index (χ0v) is 11.9. The molecular weight excluding hydrogens is 238 g/mol. The van der Waals surface area contributed by atoms with Crippen LogP contribution in [0, 0.1) is 11.3 Å². The average Bonchev–Trinajstić information content (AvgIpc) is 2.87. The van der Waals surface area contributed by atoms with Gasteiger partial charge in [-0.3, -0.25) is 4.90 Å². The molecule has 1 aromatic rings. The molecule has 0 spiro atoms. The Labute approximate surface area is 115 Å². The minimum absolute atomic E-state index is 0.614. The molecule has 0 saturated carbocycles. The van der Waals surface area contributed by atoms with Crippen LogP contribution in [0.25, 0.3) is 0 Å². The van der Waals surface area contributed by atoms with Crippen LogP contribution in [0.3, 0.4) is 0 Å². The van der Waals surface area contributed by atoms with Crippen LogP contribution in [0.5, 0.6) is 5.75 Å². The quantitative estimate of drug-likeness (QED) is 0.825. The summed E-state index contributed by atoms with van der Waals surface area (Å²) in [4.78, 5) is 4.72. The number of likely N-dealkylation sites (tertiary alicyclic amines) is 1. The second-order valence-corrected chi connectivity index (χ2v) is 5.29. The molecule has 4 heteroatoms. The SMILES string of the molecule is COc1ccc(CN2CCC(N(C)C)C2)cc1C#N. The van der Waals surface area contributed by atoms with E-state index in [9.17, 15) is 0 Å². The molecule has 1 atom stereocenters. The number of hydrogen-bond acceptors (Lipinski definition) is 4. The largest absolute Gasteiger partial charge is 0.495 e. The van der Waals surface area contributed by atoms with Gasteiger partial charge in [0.25, 0.3) is 0 Å². The maximum Gasteiger partial charge on any atom is 0.136 e. The molecule has 102 valence electrons. The molecule has 0 N–H and O–H groups in total. The van der Waals surface area contributed by atoms with Crippen LogP contribution >= 0.6 is 0 Å². The number of benzene rings is 1. The van der Waals surface area contributed by atoms with E-state index < -0.39 is 0 Å². The highest BCUT2D eigenvalue weighted by Gasteiger charge is 2.23. The molecule has 1 fully saturated rings. The van der Waals surface area contributed by atoms with Crippen LogP contribution in [-0.2, 0) is 6.54 Å². The Morgan fingerprint density at radius 3 is 2.84 bits per heavy atom. The summed E-state index contributed by atoms with van der Waals surface area (Å²) < 4.78 is 5.17. The fraction of sp³-hybridized carbons (Fsp3) is 0.533. The van der Waals surface area contributed by atoms with Crippen molar-refractivity contribution in [2.45, 2.75) is 19.0 Å². The topological polar surface area (TPSA) is 39.5 Å². The molecule has 1 heterocycles. The molecule has 1 unspecified atom stereocenters. The Morgan fingerprint density at radius 1 is 1.47 bits per heavy atom. The van der Waals surface area contributed by atoms with Crippen molar-refractivity contribution < 1.29 is 4.74 Å². The summed E-state index contributed by atoms with van der Waals surface area (Å²) in [6.07, 6.45) is 1.22. The number of methoxy groups -OCH3 is 1. The second kappa shape index (κ2) is 6.05. The molecule has 4 nitrogen and oxygen atoms in total. The van der Waals surface area contributed by atoms with E-state index in [1.807, 2.05) is 18.2 Å². The van der Waals surface area contributed by atoms with Crippen LogP contribution in [0.1, 0.15) is 17.5 Å². The first-order chi connectivity index (χ1) is 9.13. The molecule has 0 aliphatic carbocycles. The molecule has 0 aromatic heterocycles. The van der Waals surface area contributed by atoms with E-state index in [0.29, 0.717) is 17.4 Å². The molecule has 0 amide bonds. The molecule has 1 aromatic carbocycles. The van der Waals surface area contributed by atoms with Crippen molar-refractivity contribution in [1.29, 1.82) is 5.26 Å². The van der Waals surface area contributed by atoms with Gasteiger partial charge in [0, 0.05) is 25.7 Å². The van der Waals surface area contributed by atoms with Crippen LogP contribution < -0.4 is 4.74 Å². The predicted octanol–water partition coefficient (Wildman–Crippen LogP) is 1.70. The van der Waals surface area contributed by atoms with Crippen molar-refractivity contribution in [3.63, 3.8) is 0 Å². The van der Waals surface area contributed by atoms with Gasteiger partial charge in [-0.2, -0.15) is 5.26 Å². The molecule has 1 aliphatic rings. The third-order valence-electron chi connectivity index (χ3n) is 3.77. The van der Waals surface area contributed by atoms with Gasteiger partial charge in [0.15, 0.2) is 0 Å². The highest BCUT2D eigenvalue weighted by atomic mass is 16.5. The average molecular weight is 259 g/mol. The number of ether oxygens (including phenoxy) is 1. The lowest BCUT2D eigenvalue weighted by atomic mass is 10.1. The molecule has 0 radical (unpaired) electrons. The lowest BCUT2D eigenvalue weighted by Gasteiger charge is -2.20. The number of nitriles is 1. The van der Waals surface area contributed by atoms with Gasteiger partial charge < -0.3 is 9.64 Å². The zero-order valence-electron chi connectivity index (χ0n) is 11.9. The monoisotopic (exact) mass is 259 g/mol. The Hall–Kier alpha value is -1.57. The van der Waals surface area contributed by atoms with Gasteiger partial charge in [-0.25, -0.2) is 0 Å². The first kappa shape index (κ1) is 13.9. The van der Waals surface area contributed by atoms with Crippen molar-refractivity contribution in [3.05, 3.63) is 29.3 Å². The van der Waals surface area contributed by atoms with E-state index in [2.05, 4.69) is 30.0 Å². The second-order valence-electron chi connectivity index (χ2n) is 5.29. The summed E-state index contributed by atoms with van der Waals surface area (Å²) in [5, 5.41) is 9.10. The van der Waals surface area contributed by atoms with Crippen LogP contribution in [0.15, 0.2) is 18.2 Å². The highest BCUT2D eigenvalue weighted by Crippen LogP contribution is 2.21. The van der Waals surface area contributed by atoms with Gasteiger partial charge in [0.1, 0.15) is 11.8 Å². The van der Waals surface area contributed by atoms with E-state index >= 15 is 0 Å². The Morgan fingerprint density at radius 2 is 2.26 bits per heavy atom. The van der Waals surface area contributed by atoms with Crippen LogP contribution in [0.4, 0.5) is 0 Å². The third kappa shape index (κ3) is 3.25. The van der Waals surface area contributed by atoms with Crippen molar-refractivity contribution >= 4 is 0 Å². The maximum absolute atomic E-state index is 9.10. The van der Waals surface area contributed by atoms with E-state index in [1.54, 1.807) is 7.11 Å². The van der Waals surface area contributed by atoms with Gasteiger partial charge >= 0.3 is 0 Å². The number of rotatable bonds is 4. The lowest BCUT2D eigenvalue weighted by Crippen LogP contribution is -2.31. The van der Waals surface area contributed by atoms with Crippen LogP contribution in [0.2, 0.25) is 0 Å². The van der Waals surface area contributed by atoms with E-state index in [4.69, 9.17) is 10.00 Å². The summed E-state index contributed by atoms with van der Waals surface area (Å²) in [6.45, 7) is 3.13. The van der Waals surface area contributed by atoms with E-state index in [-0.39, 0.29) is 0 Å². The van der Waals surface area contributed by atoms with Crippen molar-refractivity contribution in [1.82, 2.24) is 9.80 Å². The molecule has 1 saturated heterocycles. The van der Waals surface area contributed by atoms with E-state index in [0.717, 1.165) is 19.6 Å². The Balaban J connectivity index is 2.03. The highest BCUT2D eigenvalue weighted by molar-refractivity contribution is 5.45. The van der Waals surface area contributed by atoms with Gasteiger partial charge in [0.05, 0.1) is 12.7 Å². The van der Waals surface area contributed by atoms with Gasteiger partial charge in [-0.05, 0) is 38.2 Å². The first-order valence-electron chi connectivity index (χ1n) is 6.60. The third-order valence-corrected chi connectivity index (χ3v) is 3.77. The van der Waals surface area contributed by atoms with Gasteiger partial charge in [-0.15, -0.1) is 0 Å².